The van der Waals surface area contributed by atoms with Crippen molar-refractivity contribution in [3.8, 4) is 0 Å². The summed E-state index contributed by atoms with van der Waals surface area (Å²) in [7, 11) is 0. The van der Waals surface area contributed by atoms with E-state index in [1.54, 1.807) is 0 Å². The summed E-state index contributed by atoms with van der Waals surface area (Å²) < 4.78 is 4.15. The van der Waals surface area contributed by atoms with Crippen LogP contribution in [0.1, 0.15) is 6.42 Å². The molecule has 1 N–H and O–H groups in total. The molecular weight excluding hydrogens is 120 g/mol. The Morgan fingerprint density at radius 1 is 1.89 bits per heavy atom. The van der Waals surface area contributed by atoms with Crippen LogP contribution in [0.25, 0.3) is 0 Å². The Labute approximate surface area is 53.3 Å². The van der Waals surface area contributed by atoms with Crippen LogP contribution in [-0.4, -0.2) is 11.1 Å². The van der Waals surface area contributed by atoms with E-state index in [9.17, 15) is 4.79 Å². The normalized spacial score (nSPS) is 7.56. The van der Waals surface area contributed by atoms with Gasteiger partial charge in [-0.3, -0.25) is 0 Å². The molecule has 0 aliphatic rings. The molecule has 0 aromatic rings. The number of hydrogen-bond donors (Lipinski definition) is 1. The van der Waals surface area contributed by atoms with Gasteiger partial charge in [-0.15, -0.1) is 0 Å². The lowest BCUT2D eigenvalue weighted by molar-refractivity contribution is -0.142. The maximum Gasteiger partial charge on any atom is 0.359 e. The Balaban J connectivity index is 3.74. The van der Waals surface area contributed by atoms with E-state index in [1.807, 2.05) is 5.73 Å². The summed E-state index contributed by atoms with van der Waals surface area (Å²) in [6.45, 7) is 6.26. The Morgan fingerprint density at radius 2 is 2.44 bits per heavy atom. The van der Waals surface area contributed by atoms with Crippen molar-refractivity contribution in [2.24, 2.45) is 0 Å². The molecule has 0 aliphatic carbocycles. The van der Waals surface area contributed by atoms with Crippen molar-refractivity contribution in [2.75, 3.05) is 0 Å². The molecule has 0 unspecified atom stereocenters. The molecule has 0 heterocycles. The first-order chi connectivity index (χ1) is 4.20. The fourth-order valence-electron chi connectivity index (χ4n) is 0.195. The van der Waals surface area contributed by atoms with Crippen LogP contribution in [0.15, 0.2) is 18.3 Å². The van der Waals surface area contributed by atoms with E-state index in [2.05, 4.69) is 18.2 Å². The van der Waals surface area contributed by atoms with E-state index < -0.39 is 11.9 Å². The van der Waals surface area contributed by atoms with Crippen LogP contribution in [0.2, 0.25) is 0 Å². The average Bonchev–Trinajstić information content (AvgIpc) is 1.87. The molecule has 3 nitrogen and oxygen atoms in total. The smallest absolute Gasteiger partial charge is 0.359 e. The Hall–Kier alpha value is -1.34. The topological polar surface area (TPSA) is 46.5 Å². The maximum atomic E-state index is 10.2. The number of aliphatic hydroxyl groups is 1. The number of carbonyl (C=O) groups excluding carboxylic acids is 1. The number of rotatable bonds is 2. The standard InChI is InChI=1S/C6H6O3/c1-3-5(7)9-6(8)4-2/h1-3H2/p+1. The third kappa shape index (κ3) is 3.26. The van der Waals surface area contributed by atoms with Crippen LogP contribution < -0.4 is 0 Å². The summed E-state index contributed by atoms with van der Waals surface area (Å²) in [4.78, 5) is 10.2. The van der Waals surface area contributed by atoms with Crippen LogP contribution in [0.3, 0.4) is 0 Å². The zero-order valence-corrected chi connectivity index (χ0v) is 4.89. The highest BCUT2D eigenvalue weighted by Gasteiger charge is 2.03. The highest BCUT2D eigenvalue weighted by Crippen LogP contribution is 1.90. The van der Waals surface area contributed by atoms with Gasteiger partial charge in [-0.2, -0.15) is 0 Å². The molecule has 0 saturated heterocycles. The quantitative estimate of drug-likeness (QED) is 0.260. The minimum atomic E-state index is -0.608. The lowest BCUT2D eigenvalue weighted by Gasteiger charge is -1.92. The first-order valence-corrected chi connectivity index (χ1v) is 2.29. The molecule has 3 heteroatoms. The lowest BCUT2D eigenvalue weighted by Crippen LogP contribution is -2.00. The molecule has 0 fully saturated rings. The fraction of sp³-hybridized carbons (Fsp3) is 0.167. The SMILES string of the molecule is C=C=C(O)OC(=O)C[CH2+]. The summed E-state index contributed by atoms with van der Waals surface area (Å²) in [5.74, 6) is -1.22. The highest BCUT2D eigenvalue weighted by atomic mass is 16.6. The molecular formula is C6H7O3+. The molecule has 0 saturated carbocycles. The van der Waals surface area contributed by atoms with E-state index in [1.165, 1.54) is 0 Å². The van der Waals surface area contributed by atoms with Gasteiger partial charge in [-0.25, -0.2) is 4.79 Å². The van der Waals surface area contributed by atoms with Crippen molar-refractivity contribution in [1.82, 2.24) is 0 Å². The predicted molar refractivity (Wildman–Crippen MR) is 31.3 cm³/mol. The zero-order chi connectivity index (χ0) is 7.28. The van der Waals surface area contributed by atoms with Crippen molar-refractivity contribution in [1.29, 1.82) is 0 Å². The Morgan fingerprint density at radius 3 is 2.78 bits per heavy atom. The van der Waals surface area contributed by atoms with Gasteiger partial charge in [0.15, 0.2) is 6.42 Å². The fourth-order valence-corrected chi connectivity index (χ4v) is 0.195. The molecule has 0 amide bonds. The molecule has 0 rings (SSSR count). The lowest BCUT2D eigenvalue weighted by atomic mass is 10.5. The van der Waals surface area contributed by atoms with Crippen LogP contribution in [0.4, 0.5) is 0 Å². The van der Waals surface area contributed by atoms with E-state index >= 15 is 0 Å². The van der Waals surface area contributed by atoms with Gasteiger partial charge in [-0.1, -0.05) is 0 Å². The number of esters is 1. The van der Waals surface area contributed by atoms with Gasteiger partial charge >= 0.3 is 11.9 Å². The molecule has 0 atom stereocenters. The first-order valence-electron chi connectivity index (χ1n) is 2.29. The molecule has 0 aromatic carbocycles. The van der Waals surface area contributed by atoms with Gasteiger partial charge < -0.3 is 9.84 Å². The maximum absolute atomic E-state index is 10.2. The van der Waals surface area contributed by atoms with Gasteiger partial charge in [0.25, 0.3) is 0 Å². The highest BCUT2D eigenvalue weighted by molar-refractivity contribution is 5.70. The minimum Gasteiger partial charge on any atom is -0.475 e. The summed E-state index contributed by atoms with van der Waals surface area (Å²) in [5, 5.41) is 8.43. The second-order valence-electron chi connectivity index (χ2n) is 1.21. The summed E-state index contributed by atoms with van der Waals surface area (Å²) in [5.41, 5.74) is 1.98. The van der Waals surface area contributed by atoms with E-state index in [4.69, 9.17) is 5.11 Å². The van der Waals surface area contributed by atoms with Crippen LogP contribution >= 0.6 is 0 Å². The first kappa shape index (κ1) is 7.66. The second kappa shape index (κ2) is 3.64. The molecule has 0 aromatic heterocycles. The molecule has 9 heavy (non-hydrogen) atoms. The van der Waals surface area contributed by atoms with Crippen molar-refractivity contribution >= 4 is 5.97 Å². The van der Waals surface area contributed by atoms with Gasteiger partial charge in [0, 0.05) is 0 Å². The molecule has 0 spiro atoms. The molecule has 0 bridgehead atoms. The minimum absolute atomic E-state index is 0.0221. The van der Waals surface area contributed by atoms with Gasteiger partial charge in [0.2, 0.25) is 0 Å². The van der Waals surface area contributed by atoms with Gasteiger partial charge in [-0.05, 0) is 12.3 Å². The largest absolute Gasteiger partial charge is 0.475 e. The number of carbonyl (C=O) groups is 1. The van der Waals surface area contributed by atoms with E-state index in [0.29, 0.717) is 0 Å². The second-order valence-corrected chi connectivity index (χ2v) is 1.21. The number of hydrogen-bond acceptors (Lipinski definition) is 3. The third-order valence-electron chi connectivity index (χ3n) is 0.566. The van der Waals surface area contributed by atoms with Crippen LogP contribution in [0.5, 0.6) is 0 Å². The monoisotopic (exact) mass is 127 g/mol. The summed E-state index contributed by atoms with van der Waals surface area (Å²) in [6, 6.07) is 0. The van der Waals surface area contributed by atoms with Crippen molar-refractivity contribution in [2.45, 2.75) is 6.42 Å². The van der Waals surface area contributed by atoms with Gasteiger partial charge in [0.05, 0.1) is 6.92 Å². The van der Waals surface area contributed by atoms with E-state index in [-0.39, 0.29) is 6.42 Å². The molecule has 48 valence electrons. The molecule has 0 radical (unpaired) electrons. The van der Waals surface area contributed by atoms with Gasteiger partial charge in [0.1, 0.15) is 0 Å². The van der Waals surface area contributed by atoms with Crippen LogP contribution in [0, 0.1) is 6.92 Å². The van der Waals surface area contributed by atoms with Crippen molar-refractivity contribution in [3.05, 3.63) is 25.2 Å². The third-order valence-corrected chi connectivity index (χ3v) is 0.566. The molecule has 0 aliphatic heterocycles. The van der Waals surface area contributed by atoms with Crippen LogP contribution in [-0.2, 0) is 9.53 Å². The predicted octanol–water partition coefficient (Wildman–Crippen LogP) is 0.938. The summed E-state index contributed by atoms with van der Waals surface area (Å²) in [6.07, 6.45) is -0.0221. The zero-order valence-electron chi connectivity index (χ0n) is 4.89. The average molecular weight is 127 g/mol. The van der Waals surface area contributed by atoms with E-state index in [0.717, 1.165) is 0 Å². The van der Waals surface area contributed by atoms with Crippen molar-refractivity contribution in [3.63, 3.8) is 0 Å². The Bertz CT molecular complexity index is 154. The number of aliphatic hydroxyl groups excluding tert-OH is 1. The summed E-state index contributed by atoms with van der Waals surface area (Å²) >= 11 is 0. The Kier molecular flexibility index (Phi) is 3.09. The number of ether oxygens (including phenoxy) is 1. The van der Waals surface area contributed by atoms with Crippen molar-refractivity contribution < 1.29 is 14.6 Å².